The van der Waals surface area contributed by atoms with Crippen LogP contribution in [0, 0.1) is 0 Å². The molecule has 9 nitrogen and oxygen atoms in total. The van der Waals surface area contributed by atoms with E-state index in [1.807, 2.05) is 6.92 Å². The Hall–Kier alpha value is -1.84. The molecule has 5 atom stereocenters. The second-order valence-corrected chi connectivity index (χ2v) is 7.61. The van der Waals surface area contributed by atoms with Crippen LogP contribution in [0.1, 0.15) is 25.3 Å². The Bertz CT molecular complexity index is 690. The summed E-state index contributed by atoms with van der Waals surface area (Å²) in [5, 5.41) is 31.4. The highest BCUT2D eigenvalue weighted by molar-refractivity contribution is 7.53. The van der Waals surface area contributed by atoms with Gasteiger partial charge >= 0.3 is 5.97 Å². The first-order valence-electron chi connectivity index (χ1n) is 8.15. The first-order valence-corrected chi connectivity index (χ1v) is 9.58. The van der Waals surface area contributed by atoms with E-state index in [1.165, 1.54) is 18.2 Å². The molecule has 1 aliphatic heterocycles. The smallest absolute Gasteiger partial charge is 0.339 e. The lowest BCUT2D eigenvalue weighted by Crippen LogP contribution is -2.51. The molecule has 5 unspecified atom stereocenters. The van der Waals surface area contributed by atoms with Crippen LogP contribution < -0.4 is 10.1 Å². The Morgan fingerprint density at radius 3 is 2.67 bits per heavy atom. The van der Waals surface area contributed by atoms with Crippen LogP contribution in [0.5, 0.6) is 5.75 Å². The molecule has 2 rings (SSSR count). The van der Waals surface area contributed by atoms with Crippen molar-refractivity contribution in [2.75, 3.05) is 5.32 Å². The molecule has 1 saturated heterocycles. The number of aliphatic carboxylic acids is 1. The van der Waals surface area contributed by atoms with Gasteiger partial charge in [-0.3, -0.25) is 4.79 Å². The van der Waals surface area contributed by atoms with Crippen molar-refractivity contribution in [3.63, 3.8) is 0 Å². The van der Waals surface area contributed by atoms with Crippen molar-refractivity contribution < 1.29 is 43.7 Å². The SMILES string of the molecule is CCCC(=O)Nc1ccc(OC2OC(C(=O)O)P(O)C(O)C2O)c(CF)c1. The van der Waals surface area contributed by atoms with Crippen LogP contribution in [-0.4, -0.2) is 56.2 Å². The zero-order chi connectivity index (χ0) is 20.1. The largest absolute Gasteiger partial charge is 0.479 e. The van der Waals surface area contributed by atoms with Crippen molar-refractivity contribution in [3.05, 3.63) is 23.8 Å². The number of anilines is 1. The summed E-state index contributed by atoms with van der Waals surface area (Å²) in [6.07, 6.45) is -2.39. The molecule has 0 bridgehead atoms. The molecule has 0 spiro atoms. The van der Waals surface area contributed by atoms with E-state index in [0.29, 0.717) is 18.5 Å². The van der Waals surface area contributed by atoms with E-state index in [2.05, 4.69) is 5.32 Å². The number of hydrogen-bond donors (Lipinski definition) is 5. The second kappa shape index (κ2) is 9.38. The van der Waals surface area contributed by atoms with Crippen LogP contribution in [0.15, 0.2) is 18.2 Å². The summed E-state index contributed by atoms with van der Waals surface area (Å²) >= 11 is 0. The Morgan fingerprint density at radius 1 is 1.37 bits per heavy atom. The van der Waals surface area contributed by atoms with Gasteiger partial charge in [-0.1, -0.05) is 6.92 Å². The standard InChI is InChI=1S/C16H21FNO8P/c1-2-3-11(19)18-9-4-5-10(8(6-9)7-17)25-15-12(20)14(23)27(24)16(26-15)13(21)22/h4-6,12,14-16,20,23-24H,2-3,7H2,1H3,(H,18,19)(H,21,22). The predicted molar refractivity (Wildman–Crippen MR) is 92.9 cm³/mol. The minimum atomic E-state index is -2.54. The number of aliphatic hydroxyl groups excluding tert-OH is 2. The van der Waals surface area contributed by atoms with Crippen molar-refractivity contribution in [1.82, 2.24) is 0 Å². The number of ether oxygens (including phenoxy) is 2. The van der Waals surface area contributed by atoms with E-state index < -0.39 is 44.9 Å². The minimum absolute atomic E-state index is 0.0262. The van der Waals surface area contributed by atoms with Crippen LogP contribution in [0.4, 0.5) is 10.1 Å². The summed E-state index contributed by atoms with van der Waals surface area (Å²) in [7, 11) is -2.54. The molecule has 150 valence electrons. The Kier molecular flexibility index (Phi) is 7.46. The Balaban J connectivity index is 2.17. The number of halogens is 1. The molecule has 0 saturated carbocycles. The van der Waals surface area contributed by atoms with Gasteiger partial charge in [-0.05, 0) is 24.6 Å². The number of nitrogens with one attached hydrogen (secondary N) is 1. The first-order chi connectivity index (χ1) is 12.8. The number of benzene rings is 1. The van der Waals surface area contributed by atoms with Gasteiger partial charge in [0.15, 0.2) is 0 Å². The predicted octanol–water partition coefficient (Wildman–Crippen LogP) is 1.11. The Morgan fingerprint density at radius 2 is 2.07 bits per heavy atom. The summed E-state index contributed by atoms with van der Waals surface area (Å²) in [6, 6.07) is 4.11. The van der Waals surface area contributed by atoms with Crippen LogP contribution in [0.2, 0.25) is 0 Å². The van der Waals surface area contributed by atoms with Crippen LogP contribution >= 0.6 is 8.15 Å². The van der Waals surface area contributed by atoms with Gasteiger partial charge in [-0.25, -0.2) is 9.18 Å². The lowest BCUT2D eigenvalue weighted by atomic mass is 10.2. The van der Waals surface area contributed by atoms with E-state index >= 15 is 0 Å². The molecule has 27 heavy (non-hydrogen) atoms. The van der Waals surface area contributed by atoms with Gasteiger partial charge in [0.2, 0.25) is 18.0 Å². The van der Waals surface area contributed by atoms with Gasteiger partial charge < -0.3 is 35.0 Å². The number of carbonyl (C=O) groups excluding carboxylic acids is 1. The fraction of sp³-hybridized carbons (Fsp3) is 0.500. The number of alkyl halides is 1. The first kappa shape index (κ1) is 21.5. The molecular weight excluding hydrogens is 384 g/mol. The third-order valence-corrected chi connectivity index (χ3v) is 5.45. The molecule has 1 aromatic carbocycles. The van der Waals surface area contributed by atoms with Gasteiger partial charge in [-0.2, -0.15) is 0 Å². The number of aliphatic hydroxyl groups is 2. The molecule has 1 amide bonds. The number of amides is 1. The molecule has 1 fully saturated rings. The molecule has 0 aliphatic carbocycles. The third-order valence-electron chi connectivity index (χ3n) is 3.78. The topological polar surface area (TPSA) is 146 Å². The van der Waals surface area contributed by atoms with E-state index in [9.17, 15) is 29.1 Å². The summed E-state index contributed by atoms with van der Waals surface area (Å²) in [5.74, 6) is -5.34. The molecule has 11 heteroatoms. The van der Waals surface area contributed by atoms with Crippen molar-refractivity contribution in [3.8, 4) is 5.75 Å². The number of carboxylic acid groups (broad SMARTS) is 1. The lowest BCUT2D eigenvalue weighted by molar-refractivity contribution is -0.196. The highest BCUT2D eigenvalue weighted by Crippen LogP contribution is 2.48. The number of hydrogen-bond acceptors (Lipinski definition) is 7. The van der Waals surface area contributed by atoms with Crippen molar-refractivity contribution >= 4 is 25.7 Å². The second-order valence-electron chi connectivity index (χ2n) is 5.85. The fourth-order valence-electron chi connectivity index (χ4n) is 2.43. The number of rotatable bonds is 7. The summed E-state index contributed by atoms with van der Waals surface area (Å²) in [6.45, 7) is 0.878. The van der Waals surface area contributed by atoms with Gasteiger partial charge in [-0.15, -0.1) is 0 Å². The maximum atomic E-state index is 13.4. The average Bonchev–Trinajstić information content (AvgIpc) is 2.63. The fourth-order valence-corrected chi connectivity index (χ4v) is 3.63. The third kappa shape index (κ3) is 5.12. The quantitative estimate of drug-likeness (QED) is 0.424. The molecule has 0 aromatic heterocycles. The van der Waals surface area contributed by atoms with Crippen LogP contribution in [0.25, 0.3) is 0 Å². The molecule has 1 heterocycles. The summed E-state index contributed by atoms with van der Waals surface area (Å²) in [4.78, 5) is 32.5. The minimum Gasteiger partial charge on any atom is -0.479 e. The van der Waals surface area contributed by atoms with Crippen molar-refractivity contribution in [1.29, 1.82) is 0 Å². The molecular formula is C16H21FNO8P. The van der Waals surface area contributed by atoms with E-state index in [4.69, 9.17) is 14.6 Å². The van der Waals surface area contributed by atoms with E-state index in [1.54, 1.807) is 0 Å². The maximum Gasteiger partial charge on any atom is 0.339 e. The van der Waals surface area contributed by atoms with Crippen molar-refractivity contribution in [2.45, 2.75) is 50.5 Å². The maximum absolute atomic E-state index is 13.4. The van der Waals surface area contributed by atoms with E-state index in [0.717, 1.165) is 0 Å². The molecule has 1 aliphatic rings. The van der Waals surface area contributed by atoms with Gasteiger partial charge in [0.1, 0.15) is 24.4 Å². The number of carbonyl (C=O) groups is 2. The monoisotopic (exact) mass is 405 g/mol. The summed E-state index contributed by atoms with van der Waals surface area (Å²) < 4.78 is 23.7. The lowest BCUT2D eigenvalue weighted by Gasteiger charge is -2.38. The summed E-state index contributed by atoms with van der Waals surface area (Å²) in [5.41, 5.74) is 0.374. The van der Waals surface area contributed by atoms with Crippen LogP contribution in [0.3, 0.4) is 0 Å². The highest BCUT2D eigenvalue weighted by Gasteiger charge is 2.48. The zero-order valence-electron chi connectivity index (χ0n) is 14.4. The molecule has 0 radical (unpaired) electrons. The molecule has 5 N–H and O–H groups in total. The average molecular weight is 405 g/mol. The van der Waals surface area contributed by atoms with Gasteiger partial charge in [0, 0.05) is 17.7 Å². The van der Waals surface area contributed by atoms with Crippen molar-refractivity contribution in [2.24, 2.45) is 0 Å². The molecule has 1 aromatic rings. The highest BCUT2D eigenvalue weighted by atomic mass is 31.1. The van der Waals surface area contributed by atoms with Crippen LogP contribution in [-0.2, 0) is 21.0 Å². The van der Waals surface area contributed by atoms with E-state index in [-0.39, 0.29) is 17.2 Å². The van der Waals surface area contributed by atoms with Gasteiger partial charge in [0.25, 0.3) is 0 Å². The zero-order valence-corrected chi connectivity index (χ0v) is 15.3. The number of carboxylic acids is 1. The van der Waals surface area contributed by atoms with Gasteiger partial charge in [0.05, 0.1) is 8.15 Å². The normalized spacial score (nSPS) is 27.8. The Labute approximate surface area is 155 Å².